The van der Waals surface area contributed by atoms with Gasteiger partial charge in [-0.1, -0.05) is 18.2 Å². The van der Waals surface area contributed by atoms with E-state index in [1.165, 1.54) is 6.07 Å². The van der Waals surface area contributed by atoms with Crippen LogP contribution in [0.5, 0.6) is 0 Å². The maximum Gasteiger partial charge on any atom is 0.252 e. The van der Waals surface area contributed by atoms with Crippen LogP contribution < -0.4 is 10.9 Å². The predicted octanol–water partition coefficient (Wildman–Crippen LogP) is 1.74. The fraction of sp³-hybridized carbons (Fsp3) is 0.133. The third-order valence-electron chi connectivity index (χ3n) is 3.27. The Kier molecular flexibility index (Phi) is 3.27. The number of nitrogens with one attached hydrogen (secondary N) is 3. The van der Waals surface area contributed by atoms with Crippen LogP contribution in [-0.4, -0.2) is 20.9 Å². The first-order chi connectivity index (χ1) is 10.1. The average Bonchev–Trinajstić information content (AvgIpc) is 3.00. The number of para-hydroxylation sites is 1. The number of imidazole rings is 1. The summed E-state index contributed by atoms with van der Waals surface area (Å²) in [5.41, 5.74) is 0.693. The van der Waals surface area contributed by atoms with Crippen LogP contribution in [0.2, 0.25) is 0 Å². The van der Waals surface area contributed by atoms with Crippen LogP contribution in [0.15, 0.2) is 47.5 Å². The van der Waals surface area contributed by atoms with Crippen molar-refractivity contribution in [2.75, 3.05) is 0 Å². The summed E-state index contributed by atoms with van der Waals surface area (Å²) in [5.74, 6) is 0.360. The second-order valence-electron chi connectivity index (χ2n) is 4.76. The van der Waals surface area contributed by atoms with Gasteiger partial charge in [-0.2, -0.15) is 0 Å². The first-order valence-corrected chi connectivity index (χ1v) is 6.57. The maximum atomic E-state index is 12.4. The number of aromatic amines is 2. The van der Waals surface area contributed by atoms with Gasteiger partial charge >= 0.3 is 0 Å². The van der Waals surface area contributed by atoms with E-state index in [4.69, 9.17) is 0 Å². The molecule has 0 aliphatic carbocycles. The van der Waals surface area contributed by atoms with E-state index in [1.54, 1.807) is 24.5 Å². The van der Waals surface area contributed by atoms with Crippen molar-refractivity contribution in [2.24, 2.45) is 0 Å². The Morgan fingerprint density at radius 2 is 2.14 bits per heavy atom. The predicted molar refractivity (Wildman–Crippen MR) is 79.0 cm³/mol. The molecule has 6 nitrogen and oxygen atoms in total. The summed E-state index contributed by atoms with van der Waals surface area (Å²) < 4.78 is 0. The van der Waals surface area contributed by atoms with E-state index in [2.05, 4.69) is 20.3 Å². The van der Waals surface area contributed by atoms with Crippen LogP contribution in [0.1, 0.15) is 29.1 Å². The Labute approximate surface area is 120 Å². The van der Waals surface area contributed by atoms with Crippen LogP contribution in [0, 0.1) is 0 Å². The zero-order valence-corrected chi connectivity index (χ0v) is 11.4. The minimum Gasteiger partial charge on any atom is -0.347 e. The standard InChI is InChI=1S/C15H14N4O2/c1-9(14-16-6-7-17-14)18-15(21)11-8-13(20)19-12-5-3-2-4-10(11)12/h2-9H,1H3,(H,16,17)(H,18,21)(H,19,20). The fourth-order valence-corrected chi connectivity index (χ4v) is 2.25. The zero-order chi connectivity index (χ0) is 14.8. The molecule has 0 saturated heterocycles. The van der Waals surface area contributed by atoms with Gasteiger partial charge in [0.15, 0.2) is 0 Å². The lowest BCUT2D eigenvalue weighted by molar-refractivity contribution is 0.0940. The summed E-state index contributed by atoms with van der Waals surface area (Å²) in [6.45, 7) is 1.83. The molecule has 0 radical (unpaired) electrons. The normalized spacial score (nSPS) is 12.2. The molecule has 3 rings (SSSR count). The lowest BCUT2D eigenvalue weighted by Crippen LogP contribution is -2.28. The number of benzene rings is 1. The number of carbonyl (C=O) groups is 1. The number of rotatable bonds is 3. The Hall–Kier alpha value is -2.89. The van der Waals surface area contributed by atoms with Gasteiger partial charge in [0.05, 0.1) is 11.6 Å². The average molecular weight is 282 g/mol. The SMILES string of the molecule is CC(NC(=O)c1cc(=O)[nH]c2ccccc12)c1ncc[nH]1. The van der Waals surface area contributed by atoms with E-state index in [9.17, 15) is 9.59 Å². The topological polar surface area (TPSA) is 90.6 Å². The molecular formula is C15H14N4O2. The van der Waals surface area contributed by atoms with Crippen LogP contribution >= 0.6 is 0 Å². The minimum absolute atomic E-state index is 0.273. The number of nitrogens with zero attached hydrogens (tertiary/aromatic N) is 1. The van der Waals surface area contributed by atoms with Gasteiger partial charge in [0.2, 0.25) is 5.56 Å². The van der Waals surface area contributed by atoms with E-state index < -0.39 is 0 Å². The Balaban J connectivity index is 1.96. The van der Waals surface area contributed by atoms with Gasteiger partial charge in [-0.05, 0) is 13.0 Å². The molecule has 0 spiro atoms. The highest BCUT2D eigenvalue weighted by molar-refractivity contribution is 6.06. The fourth-order valence-electron chi connectivity index (χ4n) is 2.25. The molecular weight excluding hydrogens is 268 g/mol. The van der Waals surface area contributed by atoms with Gasteiger partial charge in [0.1, 0.15) is 5.82 Å². The van der Waals surface area contributed by atoms with Crippen molar-refractivity contribution < 1.29 is 4.79 Å². The lowest BCUT2D eigenvalue weighted by Gasteiger charge is -2.12. The highest BCUT2D eigenvalue weighted by atomic mass is 16.2. The van der Waals surface area contributed by atoms with Crippen molar-refractivity contribution >= 4 is 16.8 Å². The highest BCUT2D eigenvalue weighted by Gasteiger charge is 2.16. The van der Waals surface area contributed by atoms with Crippen molar-refractivity contribution in [3.8, 4) is 0 Å². The van der Waals surface area contributed by atoms with Crippen molar-refractivity contribution in [1.82, 2.24) is 20.3 Å². The largest absolute Gasteiger partial charge is 0.347 e. The van der Waals surface area contributed by atoms with Gasteiger partial charge in [0.25, 0.3) is 5.91 Å². The second kappa shape index (κ2) is 5.24. The van der Waals surface area contributed by atoms with Gasteiger partial charge in [0, 0.05) is 29.4 Å². The van der Waals surface area contributed by atoms with Crippen LogP contribution in [0.3, 0.4) is 0 Å². The van der Waals surface area contributed by atoms with E-state index in [0.717, 1.165) is 0 Å². The van der Waals surface area contributed by atoms with Crippen molar-refractivity contribution in [1.29, 1.82) is 0 Å². The summed E-state index contributed by atoms with van der Waals surface area (Å²) in [6, 6.07) is 8.25. The molecule has 6 heteroatoms. The number of aromatic nitrogens is 3. The molecule has 3 N–H and O–H groups in total. The maximum absolute atomic E-state index is 12.4. The van der Waals surface area contributed by atoms with E-state index in [-0.39, 0.29) is 17.5 Å². The number of hydrogen-bond acceptors (Lipinski definition) is 3. The molecule has 0 bridgehead atoms. The van der Waals surface area contributed by atoms with Gasteiger partial charge < -0.3 is 15.3 Å². The quantitative estimate of drug-likeness (QED) is 0.683. The Morgan fingerprint density at radius 1 is 1.33 bits per heavy atom. The molecule has 0 aliphatic heterocycles. The summed E-state index contributed by atoms with van der Waals surface area (Å²) in [5, 5.41) is 3.54. The summed E-state index contributed by atoms with van der Waals surface area (Å²) >= 11 is 0. The zero-order valence-electron chi connectivity index (χ0n) is 11.4. The number of carbonyl (C=O) groups excluding carboxylic acids is 1. The van der Waals surface area contributed by atoms with Gasteiger partial charge in [-0.3, -0.25) is 9.59 Å². The van der Waals surface area contributed by atoms with Crippen LogP contribution in [0.25, 0.3) is 10.9 Å². The number of amides is 1. The third kappa shape index (κ3) is 2.55. The molecule has 2 aromatic heterocycles. The first-order valence-electron chi connectivity index (χ1n) is 6.57. The van der Waals surface area contributed by atoms with E-state index >= 15 is 0 Å². The molecule has 2 heterocycles. The molecule has 1 unspecified atom stereocenters. The Bertz CT molecular complexity index is 836. The van der Waals surface area contributed by atoms with E-state index in [1.807, 2.05) is 19.1 Å². The summed E-state index contributed by atoms with van der Waals surface area (Å²) in [6.07, 6.45) is 3.32. The number of H-pyrrole nitrogens is 2. The monoisotopic (exact) mass is 282 g/mol. The smallest absolute Gasteiger partial charge is 0.252 e. The molecule has 1 amide bonds. The number of hydrogen-bond donors (Lipinski definition) is 3. The number of pyridine rings is 1. The Morgan fingerprint density at radius 3 is 2.90 bits per heavy atom. The first kappa shape index (κ1) is 13.1. The van der Waals surface area contributed by atoms with E-state index in [0.29, 0.717) is 22.3 Å². The molecule has 1 aromatic carbocycles. The number of fused-ring (bicyclic) bond motifs is 1. The van der Waals surface area contributed by atoms with Crippen molar-refractivity contribution in [3.05, 3.63) is 64.5 Å². The molecule has 0 fully saturated rings. The second-order valence-corrected chi connectivity index (χ2v) is 4.76. The molecule has 21 heavy (non-hydrogen) atoms. The van der Waals surface area contributed by atoms with Gasteiger partial charge in [-0.25, -0.2) is 4.98 Å². The van der Waals surface area contributed by atoms with Crippen molar-refractivity contribution in [2.45, 2.75) is 13.0 Å². The summed E-state index contributed by atoms with van der Waals surface area (Å²) in [7, 11) is 0. The molecule has 106 valence electrons. The van der Waals surface area contributed by atoms with Crippen LogP contribution in [-0.2, 0) is 0 Å². The molecule has 3 aromatic rings. The van der Waals surface area contributed by atoms with Crippen LogP contribution in [0.4, 0.5) is 0 Å². The molecule has 0 aliphatic rings. The van der Waals surface area contributed by atoms with Crippen molar-refractivity contribution in [3.63, 3.8) is 0 Å². The molecule has 0 saturated carbocycles. The minimum atomic E-state index is -0.304. The molecule has 1 atom stereocenters. The summed E-state index contributed by atoms with van der Waals surface area (Å²) in [4.78, 5) is 33.8. The lowest BCUT2D eigenvalue weighted by atomic mass is 10.1. The highest BCUT2D eigenvalue weighted by Crippen LogP contribution is 2.15. The van der Waals surface area contributed by atoms with Gasteiger partial charge in [-0.15, -0.1) is 0 Å². The third-order valence-corrected chi connectivity index (χ3v) is 3.27.